The predicted octanol–water partition coefficient (Wildman–Crippen LogP) is 3.62. The molecule has 4 heteroatoms. The van der Waals surface area contributed by atoms with Gasteiger partial charge in [0.25, 0.3) is 0 Å². The number of fused-ring (bicyclic) bond motifs is 1. The first kappa shape index (κ1) is 15.4. The average molecular weight is 323 g/mol. The highest BCUT2D eigenvalue weighted by molar-refractivity contribution is 5.80. The second-order valence-electron chi connectivity index (χ2n) is 6.53. The van der Waals surface area contributed by atoms with Crippen molar-refractivity contribution in [1.82, 2.24) is 14.8 Å². The Morgan fingerprint density at radius 2 is 1.50 bits per heavy atom. The maximum Gasteiger partial charge on any atom is 0.127 e. The van der Waals surface area contributed by atoms with Gasteiger partial charge in [-0.2, -0.15) is 0 Å². The molecule has 1 aliphatic heterocycles. The summed E-state index contributed by atoms with van der Waals surface area (Å²) >= 11 is 0. The third kappa shape index (κ3) is 3.35. The van der Waals surface area contributed by atoms with Crippen LogP contribution in [0.15, 0.2) is 54.6 Å². The monoisotopic (exact) mass is 323 g/mol. The molecule has 0 bridgehead atoms. The Kier molecular flexibility index (Phi) is 4.32. The maximum absolute atomic E-state index is 13.8. The summed E-state index contributed by atoms with van der Waals surface area (Å²) < 4.78 is 13.8. The second-order valence-corrected chi connectivity index (χ2v) is 6.53. The molecule has 0 saturated carbocycles. The summed E-state index contributed by atoms with van der Waals surface area (Å²) in [5.74, 6) is -0.0991. The summed E-state index contributed by atoms with van der Waals surface area (Å²) in [7, 11) is 0. The summed E-state index contributed by atoms with van der Waals surface area (Å²) in [5, 5.41) is 1.27. The van der Waals surface area contributed by atoms with Crippen LogP contribution < -0.4 is 0 Å². The van der Waals surface area contributed by atoms with Crippen molar-refractivity contribution in [3.05, 3.63) is 71.7 Å². The number of piperazine rings is 1. The minimum Gasteiger partial charge on any atom is -0.357 e. The molecule has 24 heavy (non-hydrogen) atoms. The van der Waals surface area contributed by atoms with Crippen LogP contribution in [0.1, 0.15) is 11.3 Å². The topological polar surface area (TPSA) is 22.3 Å². The van der Waals surface area contributed by atoms with Crippen molar-refractivity contribution in [3.8, 4) is 0 Å². The molecule has 0 aliphatic carbocycles. The van der Waals surface area contributed by atoms with E-state index in [1.807, 2.05) is 12.1 Å². The molecule has 2 heterocycles. The van der Waals surface area contributed by atoms with Gasteiger partial charge in [-0.05, 0) is 23.6 Å². The molecule has 1 fully saturated rings. The zero-order valence-electron chi connectivity index (χ0n) is 13.7. The highest BCUT2D eigenvalue weighted by Gasteiger charge is 2.18. The van der Waals surface area contributed by atoms with Crippen molar-refractivity contribution >= 4 is 10.9 Å². The van der Waals surface area contributed by atoms with Crippen LogP contribution in [0.5, 0.6) is 0 Å². The van der Waals surface area contributed by atoms with Crippen molar-refractivity contribution < 1.29 is 4.39 Å². The number of para-hydroxylation sites is 1. The van der Waals surface area contributed by atoms with Crippen LogP contribution in [0.2, 0.25) is 0 Å². The van der Waals surface area contributed by atoms with Gasteiger partial charge in [0.15, 0.2) is 0 Å². The number of nitrogens with zero attached hydrogens (tertiary/aromatic N) is 2. The molecule has 2 aromatic carbocycles. The van der Waals surface area contributed by atoms with E-state index in [0.29, 0.717) is 6.54 Å². The number of hydrogen-bond acceptors (Lipinski definition) is 2. The molecule has 1 N–H and O–H groups in total. The molecule has 4 rings (SSSR count). The first-order valence-electron chi connectivity index (χ1n) is 8.53. The van der Waals surface area contributed by atoms with E-state index in [4.69, 9.17) is 0 Å². The number of H-pyrrole nitrogens is 1. The Balaban J connectivity index is 1.33. The van der Waals surface area contributed by atoms with Gasteiger partial charge in [-0.3, -0.25) is 9.80 Å². The summed E-state index contributed by atoms with van der Waals surface area (Å²) in [6, 6.07) is 17.7. The molecule has 124 valence electrons. The van der Waals surface area contributed by atoms with Crippen molar-refractivity contribution in [2.24, 2.45) is 0 Å². The summed E-state index contributed by atoms with van der Waals surface area (Å²) in [5.41, 5.74) is 3.26. The summed E-state index contributed by atoms with van der Waals surface area (Å²) in [6.45, 7) is 5.64. The molecule has 1 aromatic heterocycles. The van der Waals surface area contributed by atoms with Crippen molar-refractivity contribution in [1.29, 1.82) is 0 Å². The fourth-order valence-corrected chi connectivity index (χ4v) is 3.43. The lowest BCUT2D eigenvalue weighted by molar-refractivity contribution is 0.120. The minimum absolute atomic E-state index is 0.0991. The molecule has 1 aliphatic rings. The van der Waals surface area contributed by atoms with E-state index in [9.17, 15) is 4.39 Å². The number of benzene rings is 2. The Bertz CT molecular complexity index is 785. The molecule has 0 unspecified atom stereocenters. The maximum atomic E-state index is 13.8. The number of halogens is 1. The molecule has 3 aromatic rings. The van der Waals surface area contributed by atoms with Crippen molar-refractivity contribution in [3.63, 3.8) is 0 Å². The van der Waals surface area contributed by atoms with Gasteiger partial charge < -0.3 is 4.98 Å². The quantitative estimate of drug-likeness (QED) is 0.792. The fraction of sp³-hybridized carbons (Fsp3) is 0.300. The predicted molar refractivity (Wildman–Crippen MR) is 95.3 cm³/mol. The van der Waals surface area contributed by atoms with Crippen molar-refractivity contribution in [2.45, 2.75) is 13.1 Å². The zero-order valence-corrected chi connectivity index (χ0v) is 13.7. The van der Waals surface area contributed by atoms with E-state index in [0.717, 1.165) is 38.3 Å². The van der Waals surface area contributed by atoms with E-state index in [2.05, 4.69) is 45.1 Å². The fourth-order valence-electron chi connectivity index (χ4n) is 3.43. The second kappa shape index (κ2) is 6.75. The standard InChI is InChI=1S/C20H22FN3/c21-19-7-3-1-6-17(19)14-23-9-11-24(12-10-23)15-18-13-16-5-2-4-8-20(16)22-18/h1-8,13,22H,9-12,14-15H2. The molecule has 0 amide bonds. The summed E-state index contributed by atoms with van der Waals surface area (Å²) in [4.78, 5) is 8.29. The Morgan fingerprint density at radius 1 is 0.833 bits per heavy atom. The van der Waals surface area contributed by atoms with Gasteiger partial charge in [0.05, 0.1) is 0 Å². The van der Waals surface area contributed by atoms with Gasteiger partial charge in [-0.25, -0.2) is 4.39 Å². The SMILES string of the molecule is Fc1ccccc1CN1CCN(Cc2cc3ccccc3[nH]2)CC1. The van der Waals surface area contributed by atoms with Crippen LogP contribution in [0.25, 0.3) is 10.9 Å². The van der Waals surface area contributed by atoms with Crippen LogP contribution in [-0.4, -0.2) is 41.0 Å². The van der Waals surface area contributed by atoms with Crippen LogP contribution >= 0.6 is 0 Å². The third-order valence-electron chi connectivity index (χ3n) is 4.80. The van der Waals surface area contributed by atoms with Crippen LogP contribution in [0.3, 0.4) is 0 Å². The number of aromatic amines is 1. The molecular weight excluding hydrogens is 301 g/mol. The molecular formula is C20H22FN3. The van der Waals surface area contributed by atoms with Gasteiger partial charge in [-0.1, -0.05) is 36.4 Å². The van der Waals surface area contributed by atoms with E-state index in [1.165, 1.54) is 16.6 Å². The van der Waals surface area contributed by atoms with Gasteiger partial charge >= 0.3 is 0 Å². The first-order valence-corrected chi connectivity index (χ1v) is 8.53. The van der Waals surface area contributed by atoms with E-state index in [-0.39, 0.29) is 5.82 Å². The highest BCUT2D eigenvalue weighted by Crippen LogP contribution is 2.17. The lowest BCUT2D eigenvalue weighted by atomic mass is 10.2. The lowest BCUT2D eigenvalue weighted by Crippen LogP contribution is -2.45. The van der Waals surface area contributed by atoms with Crippen LogP contribution in [0, 0.1) is 5.82 Å². The van der Waals surface area contributed by atoms with Gasteiger partial charge in [-0.15, -0.1) is 0 Å². The molecule has 1 saturated heterocycles. The lowest BCUT2D eigenvalue weighted by Gasteiger charge is -2.34. The normalized spacial score (nSPS) is 16.7. The third-order valence-corrected chi connectivity index (χ3v) is 4.80. The van der Waals surface area contributed by atoms with Crippen molar-refractivity contribution in [2.75, 3.05) is 26.2 Å². The highest BCUT2D eigenvalue weighted by atomic mass is 19.1. The van der Waals surface area contributed by atoms with Gasteiger partial charge in [0.2, 0.25) is 0 Å². The van der Waals surface area contributed by atoms with E-state index < -0.39 is 0 Å². The van der Waals surface area contributed by atoms with E-state index in [1.54, 1.807) is 12.1 Å². The Labute approximate surface area is 141 Å². The average Bonchev–Trinajstić information content (AvgIpc) is 3.01. The Morgan fingerprint density at radius 3 is 2.25 bits per heavy atom. The van der Waals surface area contributed by atoms with E-state index >= 15 is 0 Å². The molecule has 0 radical (unpaired) electrons. The molecule has 0 spiro atoms. The Hall–Kier alpha value is -2.17. The zero-order chi connectivity index (χ0) is 16.4. The minimum atomic E-state index is -0.0991. The smallest absolute Gasteiger partial charge is 0.127 e. The van der Waals surface area contributed by atoms with Crippen LogP contribution in [-0.2, 0) is 13.1 Å². The number of aromatic nitrogens is 1. The number of rotatable bonds is 4. The van der Waals surface area contributed by atoms with Gasteiger partial charge in [0, 0.05) is 56.0 Å². The molecule has 0 atom stereocenters. The number of hydrogen-bond donors (Lipinski definition) is 1. The first-order chi connectivity index (χ1) is 11.8. The summed E-state index contributed by atoms with van der Waals surface area (Å²) in [6.07, 6.45) is 0. The van der Waals surface area contributed by atoms with Gasteiger partial charge in [0.1, 0.15) is 5.82 Å². The molecule has 3 nitrogen and oxygen atoms in total. The largest absolute Gasteiger partial charge is 0.357 e. The number of nitrogens with one attached hydrogen (secondary N) is 1. The van der Waals surface area contributed by atoms with Crippen LogP contribution in [0.4, 0.5) is 4.39 Å².